The molecule has 0 aromatic carbocycles. The van der Waals surface area contributed by atoms with Gasteiger partial charge < -0.3 is 14.2 Å². The van der Waals surface area contributed by atoms with Crippen molar-refractivity contribution in [3.8, 4) is 0 Å². The molecule has 374 valence electrons. The second-order valence-electron chi connectivity index (χ2n) is 18.8. The van der Waals surface area contributed by atoms with E-state index < -0.39 is 6.10 Å². The van der Waals surface area contributed by atoms with Crippen LogP contribution in [0.15, 0.2) is 36.5 Å². The molecule has 6 nitrogen and oxygen atoms in total. The van der Waals surface area contributed by atoms with Crippen LogP contribution in [0.5, 0.6) is 0 Å². The van der Waals surface area contributed by atoms with E-state index in [2.05, 4.69) is 57.2 Å². The molecule has 0 saturated heterocycles. The number of esters is 3. The third-order valence-electron chi connectivity index (χ3n) is 12.4. The minimum Gasteiger partial charge on any atom is -0.462 e. The topological polar surface area (TPSA) is 78.9 Å². The van der Waals surface area contributed by atoms with Gasteiger partial charge in [0.15, 0.2) is 6.10 Å². The molecule has 0 fully saturated rings. The molecule has 0 spiro atoms. The lowest BCUT2D eigenvalue weighted by Crippen LogP contribution is -2.30. The summed E-state index contributed by atoms with van der Waals surface area (Å²) in [6, 6.07) is 0. The summed E-state index contributed by atoms with van der Waals surface area (Å²) in [6.07, 6.45) is 62.7. The minimum absolute atomic E-state index is 0.0745. The first kappa shape index (κ1) is 61.6. The summed E-state index contributed by atoms with van der Waals surface area (Å²) in [5, 5.41) is 0. The van der Waals surface area contributed by atoms with Gasteiger partial charge in [-0.2, -0.15) is 0 Å². The highest BCUT2D eigenvalue weighted by Gasteiger charge is 2.19. The zero-order valence-electron chi connectivity index (χ0n) is 42.8. The summed E-state index contributed by atoms with van der Waals surface area (Å²) in [4.78, 5) is 38.1. The number of rotatable bonds is 51. The molecule has 0 N–H and O–H groups in total. The predicted molar refractivity (Wildman–Crippen MR) is 275 cm³/mol. The van der Waals surface area contributed by atoms with Gasteiger partial charge in [-0.25, -0.2) is 0 Å². The summed E-state index contributed by atoms with van der Waals surface area (Å²) in [7, 11) is 0. The Hall–Kier alpha value is -2.37. The molecule has 0 heterocycles. The van der Waals surface area contributed by atoms with Gasteiger partial charge in [0.25, 0.3) is 0 Å². The molecule has 0 aliphatic rings. The zero-order valence-corrected chi connectivity index (χ0v) is 42.8. The Kier molecular flexibility index (Phi) is 51.3. The molecule has 0 saturated carbocycles. The summed E-state index contributed by atoms with van der Waals surface area (Å²) in [5.74, 6) is -0.874. The van der Waals surface area contributed by atoms with Crippen LogP contribution in [-0.2, 0) is 28.6 Å². The van der Waals surface area contributed by atoms with Gasteiger partial charge in [-0.1, -0.05) is 263 Å². The van der Waals surface area contributed by atoms with E-state index >= 15 is 0 Å². The van der Waals surface area contributed by atoms with Gasteiger partial charge in [0, 0.05) is 19.3 Å². The first-order chi connectivity index (χ1) is 31.5. The van der Waals surface area contributed by atoms with Crippen molar-refractivity contribution in [3.63, 3.8) is 0 Å². The lowest BCUT2D eigenvalue weighted by Gasteiger charge is -2.18. The van der Waals surface area contributed by atoms with Crippen molar-refractivity contribution in [1.82, 2.24) is 0 Å². The lowest BCUT2D eigenvalue weighted by atomic mass is 10.0. The summed E-state index contributed by atoms with van der Waals surface area (Å²) >= 11 is 0. The first-order valence-electron chi connectivity index (χ1n) is 28.0. The van der Waals surface area contributed by atoms with Gasteiger partial charge in [-0.05, 0) is 51.4 Å². The Labute approximate surface area is 397 Å². The molecule has 6 heteroatoms. The monoisotopic (exact) mass is 899 g/mol. The fourth-order valence-electron chi connectivity index (χ4n) is 8.22. The van der Waals surface area contributed by atoms with E-state index in [0.717, 1.165) is 96.3 Å². The van der Waals surface area contributed by atoms with Crippen molar-refractivity contribution in [1.29, 1.82) is 0 Å². The summed E-state index contributed by atoms with van der Waals surface area (Å²) in [5.41, 5.74) is 0. The summed E-state index contributed by atoms with van der Waals surface area (Å²) < 4.78 is 16.9. The van der Waals surface area contributed by atoms with Crippen LogP contribution in [-0.4, -0.2) is 37.2 Å². The first-order valence-corrected chi connectivity index (χ1v) is 28.0. The van der Waals surface area contributed by atoms with Crippen molar-refractivity contribution in [3.05, 3.63) is 36.5 Å². The van der Waals surface area contributed by atoms with Crippen LogP contribution < -0.4 is 0 Å². The molecule has 0 aliphatic carbocycles. The molecule has 1 atom stereocenters. The highest BCUT2D eigenvalue weighted by molar-refractivity contribution is 5.71. The number of carbonyl (C=O) groups is 3. The highest BCUT2D eigenvalue weighted by Crippen LogP contribution is 2.17. The molecule has 0 radical (unpaired) electrons. The maximum Gasteiger partial charge on any atom is 0.306 e. The third kappa shape index (κ3) is 50.6. The molecule has 0 bridgehead atoms. The number of ether oxygens (including phenoxy) is 3. The number of hydrogen-bond donors (Lipinski definition) is 0. The van der Waals surface area contributed by atoms with Crippen LogP contribution in [0.3, 0.4) is 0 Å². The standard InChI is InChI=1S/C58H106O6/c1-4-7-10-13-16-19-22-25-28-31-33-36-39-42-45-48-51-57(60)63-54-55(64-58(61)52-49-46-43-40-37-34-30-27-24-21-18-15-12-9-6-3)53-62-56(59)50-47-44-41-38-35-32-29-26-23-20-17-14-11-8-5-2/h9,12,18,21,27,30,55H,4-8,10-11,13-17,19-20,22-26,28-29,31-54H2,1-3H3/b12-9-,21-18-,30-27-/t55-/m1/s1. The molecule has 0 aromatic rings. The summed E-state index contributed by atoms with van der Waals surface area (Å²) in [6.45, 7) is 6.56. The average Bonchev–Trinajstić information content (AvgIpc) is 3.29. The highest BCUT2D eigenvalue weighted by atomic mass is 16.6. The Balaban J connectivity index is 4.35. The number of allylic oxidation sites excluding steroid dienone is 6. The molecule has 0 aromatic heterocycles. The van der Waals surface area contributed by atoms with E-state index in [4.69, 9.17) is 14.2 Å². The van der Waals surface area contributed by atoms with Crippen LogP contribution in [0.4, 0.5) is 0 Å². The molecule has 0 unspecified atom stereocenters. The van der Waals surface area contributed by atoms with Gasteiger partial charge >= 0.3 is 17.9 Å². The Morgan fingerprint density at radius 3 is 0.953 bits per heavy atom. The number of carbonyl (C=O) groups excluding carboxylic acids is 3. The average molecular weight is 899 g/mol. The van der Waals surface area contributed by atoms with Crippen molar-refractivity contribution < 1.29 is 28.6 Å². The van der Waals surface area contributed by atoms with Gasteiger partial charge in [0.2, 0.25) is 0 Å². The van der Waals surface area contributed by atoms with E-state index in [1.54, 1.807) is 0 Å². The minimum atomic E-state index is -0.776. The van der Waals surface area contributed by atoms with Gasteiger partial charge in [-0.15, -0.1) is 0 Å². The molecular formula is C58H106O6. The van der Waals surface area contributed by atoms with Crippen LogP contribution >= 0.6 is 0 Å². The van der Waals surface area contributed by atoms with Crippen molar-refractivity contribution in [2.24, 2.45) is 0 Å². The normalized spacial score (nSPS) is 12.2. The number of unbranched alkanes of at least 4 members (excludes halogenated alkanes) is 34. The largest absolute Gasteiger partial charge is 0.462 e. The molecule has 0 aliphatic heterocycles. The molecule has 0 amide bonds. The Morgan fingerprint density at radius 1 is 0.328 bits per heavy atom. The van der Waals surface area contributed by atoms with E-state index in [0.29, 0.717) is 19.3 Å². The Bertz CT molecular complexity index is 1080. The molecule has 64 heavy (non-hydrogen) atoms. The van der Waals surface area contributed by atoms with Crippen LogP contribution in [0, 0.1) is 0 Å². The molecular weight excluding hydrogens is 793 g/mol. The fraction of sp³-hybridized carbons (Fsp3) is 0.845. The van der Waals surface area contributed by atoms with Crippen LogP contribution in [0.25, 0.3) is 0 Å². The van der Waals surface area contributed by atoms with Gasteiger partial charge in [0.1, 0.15) is 13.2 Å². The second kappa shape index (κ2) is 53.2. The van der Waals surface area contributed by atoms with Gasteiger partial charge in [-0.3, -0.25) is 14.4 Å². The van der Waals surface area contributed by atoms with E-state index in [1.807, 2.05) is 0 Å². The van der Waals surface area contributed by atoms with Crippen LogP contribution in [0.2, 0.25) is 0 Å². The third-order valence-corrected chi connectivity index (χ3v) is 12.4. The second-order valence-corrected chi connectivity index (χ2v) is 18.8. The van der Waals surface area contributed by atoms with E-state index in [1.165, 1.54) is 161 Å². The van der Waals surface area contributed by atoms with Crippen molar-refractivity contribution >= 4 is 17.9 Å². The van der Waals surface area contributed by atoms with Crippen LogP contribution in [0.1, 0.15) is 297 Å². The fourth-order valence-corrected chi connectivity index (χ4v) is 8.22. The maximum atomic E-state index is 12.8. The SMILES string of the molecule is CC/C=C\C/C=C\C/C=C\CCCCCCCC(=O)O[C@H](COC(=O)CCCCCCCCCCCCCCCCC)COC(=O)CCCCCCCCCCCCCCCCCC. The predicted octanol–water partition coefficient (Wildman–Crippen LogP) is 18.5. The lowest BCUT2D eigenvalue weighted by molar-refractivity contribution is -0.167. The number of hydrogen-bond acceptors (Lipinski definition) is 6. The smallest absolute Gasteiger partial charge is 0.306 e. The van der Waals surface area contributed by atoms with E-state index in [-0.39, 0.29) is 31.1 Å². The maximum absolute atomic E-state index is 12.8. The quantitative estimate of drug-likeness (QED) is 0.0262. The zero-order chi connectivity index (χ0) is 46.5. The van der Waals surface area contributed by atoms with E-state index in [9.17, 15) is 14.4 Å². The van der Waals surface area contributed by atoms with Crippen molar-refractivity contribution in [2.75, 3.05) is 13.2 Å². The van der Waals surface area contributed by atoms with Crippen molar-refractivity contribution in [2.45, 2.75) is 303 Å². The Morgan fingerprint density at radius 2 is 0.609 bits per heavy atom. The molecule has 0 rings (SSSR count). The van der Waals surface area contributed by atoms with Gasteiger partial charge in [0.05, 0.1) is 0 Å².